The Morgan fingerprint density at radius 1 is 1.28 bits per heavy atom. The second-order valence-electron chi connectivity index (χ2n) is 3.65. The number of carbonyl (C=O) groups is 2. The molecule has 0 aliphatic rings. The highest BCUT2D eigenvalue weighted by atomic mass is 35.5. The van der Waals surface area contributed by atoms with Crippen molar-refractivity contribution in [3.8, 4) is 0 Å². The van der Waals surface area contributed by atoms with Crippen molar-refractivity contribution >= 4 is 23.7 Å². The fourth-order valence-corrected chi connectivity index (χ4v) is 1.72. The van der Waals surface area contributed by atoms with Gasteiger partial charge >= 0.3 is 12.1 Å². The monoisotopic (exact) mass is 271 g/mol. The molecule has 1 amide bonds. The predicted octanol–water partition coefficient (Wildman–Crippen LogP) is 2.08. The molecule has 1 atom stereocenters. The van der Waals surface area contributed by atoms with Gasteiger partial charge < -0.3 is 15.2 Å². The average molecular weight is 272 g/mol. The van der Waals surface area contributed by atoms with Crippen molar-refractivity contribution in [3.63, 3.8) is 0 Å². The molecule has 0 aliphatic carbocycles. The van der Waals surface area contributed by atoms with E-state index in [0.29, 0.717) is 5.02 Å². The van der Waals surface area contributed by atoms with Crippen LogP contribution in [0.4, 0.5) is 4.79 Å². The van der Waals surface area contributed by atoms with Crippen LogP contribution in [0.2, 0.25) is 5.02 Å². The van der Waals surface area contributed by atoms with E-state index in [4.69, 9.17) is 26.8 Å². The Kier molecular flexibility index (Phi) is 5.45. The van der Waals surface area contributed by atoms with Crippen molar-refractivity contribution < 1.29 is 19.1 Å². The lowest BCUT2D eigenvalue weighted by Crippen LogP contribution is -2.21. The molecule has 2 N–H and O–H groups in total. The molecule has 0 spiro atoms. The van der Waals surface area contributed by atoms with Crippen LogP contribution in [0.5, 0.6) is 0 Å². The first-order valence-corrected chi connectivity index (χ1v) is 5.68. The van der Waals surface area contributed by atoms with Gasteiger partial charge in [0.1, 0.15) is 13.2 Å². The van der Waals surface area contributed by atoms with Crippen LogP contribution in [0.1, 0.15) is 18.4 Å². The summed E-state index contributed by atoms with van der Waals surface area (Å²) in [4.78, 5) is 21.4. The zero-order valence-corrected chi connectivity index (χ0v) is 10.6. The molecule has 1 aromatic carbocycles. The quantitative estimate of drug-likeness (QED) is 0.832. The number of halogens is 1. The number of esters is 1. The van der Waals surface area contributed by atoms with Crippen LogP contribution in [-0.4, -0.2) is 25.3 Å². The Balaban J connectivity index is 2.79. The maximum Gasteiger partial charge on any atom is 0.404 e. The average Bonchev–Trinajstić information content (AvgIpc) is 2.30. The molecule has 0 aliphatic heterocycles. The van der Waals surface area contributed by atoms with Gasteiger partial charge in [-0.1, -0.05) is 29.8 Å². The predicted molar refractivity (Wildman–Crippen MR) is 66.4 cm³/mol. The molecule has 0 fully saturated rings. The first kappa shape index (κ1) is 14.3. The summed E-state index contributed by atoms with van der Waals surface area (Å²) < 4.78 is 9.65. The highest BCUT2D eigenvalue weighted by Gasteiger charge is 2.17. The van der Waals surface area contributed by atoms with Gasteiger partial charge in [0.05, 0.1) is 5.92 Å². The van der Waals surface area contributed by atoms with Crippen molar-refractivity contribution in [1.29, 1.82) is 0 Å². The molecule has 98 valence electrons. The first-order valence-electron chi connectivity index (χ1n) is 5.30. The Morgan fingerprint density at radius 3 is 2.44 bits per heavy atom. The lowest BCUT2D eigenvalue weighted by Gasteiger charge is -2.17. The summed E-state index contributed by atoms with van der Waals surface area (Å²) in [6, 6.07) is 7.07. The van der Waals surface area contributed by atoms with Gasteiger partial charge in [0.2, 0.25) is 0 Å². The third kappa shape index (κ3) is 4.63. The van der Waals surface area contributed by atoms with Gasteiger partial charge in [-0.05, 0) is 11.6 Å². The van der Waals surface area contributed by atoms with Gasteiger partial charge in [-0.15, -0.1) is 0 Å². The van der Waals surface area contributed by atoms with E-state index in [9.17, 15) is 9.59 Å². The summed E-state index contributed by atoms with van der Waals surface area (Å²) in [6.07, 6.45) is -0.880. The lowest BCUT2D eigenvalue weighted by atomic mass is 10.0. The maximum atomic E-state index is 10.8. The van der Waals surface area contributed by atoms with E-state index >= 15 is 0 Å². The molecule has 0 saturated heterocycles. The number of amides is 1. The number of hydrogen-bond donors (Lipinski definition) is 1. The summed E-state index contributed by atoms with van der Waals surface area (Å²) >= 11 is 6.04. The molecule has 6 heteroatoms. The summed E-state index contributed by atoms with van der Waals surface area (Å²) in [6.45, 7) is 1.39. The van der Waals surface area contributed by atoms with Crippen molar-refractivity contribution in [2.24, 2.45) is 5.73 Å². The van der Waals surface area contributed by atoms with Gasteiger partial charge in [-0.25, -0.2) is 4.79 Å². The Morgan fingerprint density at radius 2 is 1.89 bits per heavy atom. The van der Waals surface area contributed by atoms with Crippen LogP contribution in [-0.2, 0) is 14.3 Å². The van der Waals surface area contributed by atoms with E-state index in [1.807, 2.05) is 0 Å². The smallest absolute Gasteiger partial charge is 0.404 e. The van der Waals surface area contributed by atoms with Gasteiger partial charge in [-0.2, -0.15) is 0 Å². The van der Waals surface area contributed by atoms with E-state index in [-0.39, 0.29) is 19.1 Å². The third-order valence-electron chi connectivity index (χ3n) is 2.26. The number of ether oxygens (including phenoxy) is 2. The van der Waals surface area contributed by atoms with E-state index in [2.05, 4.69) is 0 Å². The molecule has 1 unspecified atom stereocenters. The second kappa shape index (κ2) is 6.86. The Labute approximate surface area is 110 Å². The van der Waals surface area contributed by atoms with Crippen molar-refractivity contribution in [1.82, 2.24) is 0 Å². The fourth-order valence-electron chi connectivity index (χ4n) is 1.43. The van der Waals surface area contributed by atoms with Crippen molar-refractivity contribution in [3.05, 3.63) is 34.9 Å². The molecule has 0 radical (unpaired) electrons. The highest BCUT2D eigenvalue weighted by Crippen LogP contribution is 2.25. The minimum absolute atomic E-state index is 0.00630. The summed E-state index contributed by atoms with van der Waals surface area (Å²) in [7, 11) is 0. The van der Waals surface area contributed by atoms with Crippen LogP contribution in [0, 0.1) is 0 Å². The molecule has 0 bridgehead atoms. The summed E-state index contributed by atoms with van der Waals surface area (Å²) in [5.41, 5.74) is 5.65. The largest absolute Gasteiger partial charge is 0.465 e. The van der Waals surface area contributed by atoms with Crippen LogP contribution >= 0.6 is 11.6 Å². The molecule has 1 aromatic rings. The first-order chi connectivity index (χ1) is 8.50. The summed E-state index contributed by atoms with van der Waals surface area (Å²) in [5.74, 6) is -0.749. The molecule has 18 heavy (non-hydrogen) atoms. The van der Waals surface area contributed by atoms with E-state index in [1.165, 1.54) is 6.92 Å². The van der Waals surface area contributed by atoms with Gasteiger partial charge in [0, 0.05) is 11.9 Å². The zero-order chi connectivity index (χ0) is 13.5. The van der Waals surface area contributed by atoms with Crippen molar-refractivity contribution in [2.45, 2.75) is 12.8 Å². The number of primary amides is 1. The molecular weight excluding hydrogens is 258 g/mol. The summed E-state index contributed by atoms with van der Waals surface area (Å²) in [5, 5.41) is 0.516. The number of benzene rings is 1. The fraction of sp³-hybridized carbons (Fsp3) is 0.333. The van der Waals surface area contributed by atoms with Crippen LogP contribution < -0.4 is 5.73 Å². The number of nitrogens with two attached hydrogens (primary N) is 1. The number of carbonyl (C=O) groups excluding carboxylic acids is 2. The number of hydrogen-bond acceptors (Lipinski definition) is 4. The molecule has 0 aromatic heterocycles. The highest BCUT2D eigenvalue weighted by molar-refractivity contribution is 6.31. The minimum atomic E-state index is -0.880. The normalized spacial score (nSPS) is 11.7. The molecule has 0 heterocycles. The van der Waals surface area contributed by atoms with E-state index in [0.717, 1.165) is 5.56 Å². The van der Waals surface area contributed by atoms with Gasteiger partial charge in [-0.3, -0.25) is 4.79 Å². The van der Waals surface area contributed by atoms with Gasteiger partial charge in [0.15, 0.2) is 0 Å². The molecular formula is C12H14ClNO4. The van der Waals surface area contributed by atoms with Gasteiger partial charge in [0.25, 0.3) is 0 Å². The van der Waals surface area contributed by atoms with Crippen LogP contribution in [0.15, 0.2) is 24.3 Å². The molecule has 5 nitrogen and oxygen atoms in total. The van der Waals surface area contributed by atoms with Crippen LogP contribution in [0.25, 0.3) is 0 Å². The van der Waals surface area contributed by atoms with E-state index < -0.39 is 12.1 Å². The van der Waals surface area contributed by atoms with E-state index in [1.54, 1.807) is 24.3 Å². The minimum Gasteiger partial charge on any atom is -0.465 e. The molecule has 1 rings (SSSR count). The maximum absolute atomic E-state index is 10.8. The topological polar surface area (TPSA) is 78.6 Å². The lowest BCUT2D eigenvalue weighted by molar-refractivity contribution is -0.141. The van der Waals surface area contributed by atoms with Crippen molar-refractivity contribution in [2.75, 3.05) is 13.2 Å². The SMILES string of the molecule is CC(=O)OCC(COC(N)=O)c1ccccc1Cl. The van der Waals surface area contributed by atoms with Crippen LogP contribution in [0.3, 0.4) is 0 Å². The standard InChI is InChI=1S/C12H14ClNO4/c1-8(15)17-6-9(7-18-12(14)16)10-4-2-3-5-11(10)13/h2-5,9H,6-7H2,1H3,(H2,14,16). The molecule has 0 saturated carbocycles. The third-order valence-corrected chi connectivity index (χ3v) is 2.60. The Hall–Kier alpha value is -1.75. The zero-order valence-electron chi connectivity index (χ0n) is 9.89. The number of rotatable bonds is 5. The Bertz CT molecular complexity index is 418. The second-order valence-corrected chi connectivity index (χ2v) is 4.06.